The second-order valence-electron chi connectivity index (χ2n) is 3.46. The zero-order valence-corrected chi connectivity index (χ0v) is 9.20. The van der Waals surface area contributed by atoms with Crippen molar-refractivity contribution in [2.75, 3.05) is 18.8 Å². The molecule has 0 bridgehead atoms. The first-order valence-corrected chi connectivity index (χ1v) is 6.19. The SMILES string of the molecule is CC1CN(CCC(N)=S)S(=O)(=O)C1. The van der Waals surface area contributed by atoms with Gasteiger partial charge in [-0.3, -0.25) is 0 Å². The highest BCUT2D eigenvalue weighted by molar-refractivity contribution is 7.89. The van der Waals surface area contributed by atoms with Crippen molar-refractivity contribution in [3.05, 3.63) is 0 Å². The van der Waals surface area contributed by atoms with Crippen molar-refractivity contribution >= 4 is 27.2 Å². The molecule has 1 atom stereocenters. The fraction of sp³-hybridized carbons (Fsp3) is 0.857. The Kier molecular flexibility index (Phi) is 3.26. The molecule has 0 radical (unpaired) electrons. The third kappa shape index (κ3) is 2.89. The third-order valence-corrected chi connectivity index (χ3v) is 4.32. The molecule has 1 rings (SSSR count). The quantitative estimate of drug-likeness (QED) is 0.680. The van der Waals surface area contributed by atoms with Gasteiger partial charge in [0.25, 0.3) is 0 Å². The number of nitrogens with two attached hydrogens (primary N) is 1. The number of hydrogen-bond donors (Lipinski definition) is 1. The Morgan fingerprint density at radius 2 is 2.31 bits per heavy atom. The lowest BCUT2D eigenvalue weighted by Crippen LogP contribution is -2.29. The van der Waals surface area contributed by atoms with Gasteiger partial charge >= 0.3 is 0 Å². The molecule has 0 aromatic rings. The Balaban J connectivity index is 2.56. The van der Waals surface area contributed by atoms with Crippen molar-refractivity contribution in [2.24, 2.45) is 11.7 Å². The molecule has 6 heteroatoms. The van der Waals surface area contributed by atoms with E-state index in [0.29, 0.717) is 24.5 Å². The minimum absolute atomic E-state index is 0.219. The molecule has 76 valence electrons. The van der Waals surface area contributed by atoms with Gasteiger partial charge in [0.15, 0.2) is 0 Å². The van der Waals surface area contributed by atoms with E-state index < -0.39 is 10.0 Å². The fourth-order valence-corrected chi connectivity index (χ4v) is 3.42. The summed E-state index contributed by atoms with van der Waals surface area (Å²) >= 11 is 4.69. The minimum atomic E-state index is -3.01. The lowest BCUT2D eigenvalue weighted by Gasteiger charge is -2.13. The van der Waals surface area contributed by atoms with E-state index in [1.807, 2.05) is 6.92 Å². The van der Waals surface area contributed by atoms with E-state index in [0.717, 1.165) is 0 Å². The van der Waals surface area contributed by atoms with Crippen LogP contribution in [0, 0.1) is 5.92 Å². The number of nitrogens with zero attached hydrogens (tertiary/aromatic N) is 1. The van der Waals surface area contributed by atoms with E-state index in [1.54, 1.807) is 0 Å². The summed E-state index contributed by atoms with van der Waals surface area (Å²) in [5.41, 5.74) is 5.30. The Morgan fingerprint density at radius 1 is 1.69 bits per heavy atom. The van der Waals surface area contributed by atoms with Crippen LogP contribution in [0.3, 0.4) is 0 Å². The van der Waals surface area contributed by atoms with Gasteiger partial charge in [0, 0.05) is 19.5 Å². The van der Waals surface area contributed by atoms with Crippen LogP contribution in [-0.2, 0) is 10.0 Å². The van der Waals surface area contributed by atoms with Crippen molar-refractivity contribution in [1.82, 2.24) is 4.31 Å². The summed E-state index contributed by atoms with van der Waals surface area (Å²) in [5, 5.41) is 0. The highest BCUT2D eigenvalue weighted by Gasteiger charge is 2.32. The Labute approximate surface area is 84.1 Å². The standard InChI is InChI=1S/C7H14N2O2S2/c1-6-4-9(3-2-7(8)12)13(10,11)5-6/h6H,2-5H2,1H3,(H2,8,12). The molecule has 4 nitrogen and oxygen atoms in total. The van der Waals surface area contributed by atoms with Crippen LogP contribution in [0.5, 0.6) is 0 Å². The van der Waals surface area contributed by atoms with Crippen LogP contribution < -0.4 is 5.73 Å². The van der Waals surface area contributed by atoms with Crippen molar-refractivity contribution in [1.29, 1.82) is 0 Å². The zero-order chi connectivity index (χ0) is 10.1. The summed E-state index contributed by atoms with van der Waals surface area (Å²) in [6.07, 6.45) is 0.473. The first kappa shape index (κ1) is 10.9. The van der Waals surface area contributed by atoms with Crippen molar-refractivity contribution in [3.63, 3.8) is 0 Å². The van der Waals surface area contributed by atoms with Crippen LogP contribution in [0.1, 0.15) is 13.3 Å². The van der Waals surface area contributed by atoms with Crippen molar-refractivity contribution in [3.8, 4) is 0 Å². The van der Waals surface area contributed by atoms with E-state index in [4.69, 9.17) is 18.0 Å². The van der Waals surface area contributed by atoms with Crippen LogP contribution >= 0.6 is 12.2 Å². The lowest BCUT2D eigenvalue weighted by molar-refractivity contribution is 0.423. The second kappa shape index (κ2) is 3.89. The fourth-order valence-electron chi connectivity index (χ4n) is 1.44. The molecule has 1 fully saturated rings. The second-order valence-corrected chi connectivity index (χ2v) is 6.00. The number of sulfonamides is 1. The van der Waals surface area contributed by atoms with Gasteiger partial charge in [-0.25, -0.2) is 12.7 Å². The van der Waals surface area contributed by atoms with Gasteiger partial charge in [0.2, 0.25) is 10.0 Å². The molecule has 0 saturated carbocycles. The highest BCUT2D eigenvalue weighted by atomic mass is 32.2. The normalized spacial score (nSPS) is 27.6. The summed E-state index contributed by atoms with van der Waals surface area (Å²) in [7, 11) is -3.01. The summed E-state index contributed by atoms with van der Waals surface area (Å²) < 4.78 is 24.3. The van der Waals surface area contributed by atoms with E-state index in [2.05, 4.69) is 0 Å². The van der Waals surface area contributed by atoms with Gasteiger partial charge in [-0.05, 0) is 5.92 Å². The van der Waals surface area contributed by atoms with Crippen LogP contribution in [0.15, 0.2) is 0 Å². The summed E-state index contributed by atoms with van der Waals surface area (Å²) in [6, 6.07) is 0. The first-order valence-electron chi connectivity index (χ1n) is 4.18. The molecular formula is C7H14N2O2S2. The smallest absolute Gasteiger partial charge is 0.214 e. The predicted molar refractivity (Wildman–Crippen MR) is 55.9 cm³/mol. The lowest BCUT2D eigenvalue weighted by atomic mass is 10.2. The summed E-state index contributed by atoms with van der Waals surface area (Å²) in [6.45, 7) is 2.96. The van der Waals surface area contributed by atoms with Gasteiger partial charge in [-0.1, -0.05) is 19.1 Å². The third-order valence-electron chi connectivity index (χ3n) is 2.01. The van der Waals surface area contributed by atoms with Gasteiger partial charge in [-0.2, -0.15) is 0 Å². The molecule has 2 N–H and O–H groups in total. The molecule has 0 aromatic heterocycles. The Morgan fingerprint density at radius 3 is 2.69 bits per heavy atom. The zero-order valence-electron chi connectivity index (χ0n) is 7.56. The van der Waals surface area contributed by atoms with Crippen LogP contribution in [0.25, 0.3) is 0 Å². The molecule has 1 saturated heterocycles. The molecule has 0 aliphatic carbocycles. The van der Waals surface area contributed by atoms with Crippen molar-refractivity contribution in [2.45, 2.75) is 13.3 Å². The maximum absolute atomic E-state index is 11.4. The first-order chi connectivity index (χ1) is 5.92. The largest absolute Gasteiger partial charge is 0.393 e. The average molecular weight is 222 g/mol. The topological polar surface area (TPSA) is 63.4 Å². The molecule has 0 aromatic carbocycles. The minimum Gasteiger partial charge on any atom is -0.393 e. The number of thiocarbonyl (C=S) groups is 1. The molecule has 13 heavy (non-hydrogen) atoms. The highest BCUT2D eigenvalue weighted by Crippen LogP contribution is 2.18. The maximum atomic E-state index is 11.4. The number of hydrogen-bond acceptors (Lipinski definition) is 3. The van der Waals surface area contributed by atoms with Gasteiger partial charge in [-0.15, -0.1) is 0 Å². The number of rotatable bonds is 3. The van der Waals surface area contributed by atoms with Crippen molar-refractivity contribution < 1.29 is 8.42 Å². The van der Waals surface area contributed by atoms with E-state index >= 15 is 0 Å². The summed E-state index contributed by atoms with van der Waals surface area (Å²) in [4.78, 5) is 0.370. The Bertz CT molecular complexity index is 300. The molecule has 0 amide bonds. The Hall–Kier alpha value is -0.200. The molecule has 0 spiro atoms. The molecule has 1 heterocycles. The summed E-state index contributed by atoms with van der Waals surface area (Å²) in [5.74, 6) is 0.473. The van der Waals surface area contributed by atoms with E-state index in [1.165, 1.54) is 4.31 Å². The monoisotopic (exact) mass is 222 g/mol. The molecule has 1 unspecified atom stereocenters. The van der Waals surface area contributed by atoms with Gasteiger partial charge < -0.3 is 5.73 Å². The van der Waals surface area contributed by atoms with Gasteiger partial charge in [0.1, 0.15) is 0 Å². The average Bonchev–Trinajstić information content (AvgIpc) is 2.19. The van der Waals surface area contributed by atoms with Crippen LogP contribution in [0.2, 0.25) is 0 Å². The van der Waals surface area contributed by atoms with Gasteiger partial charge in [0.05, 0.1) is 10.7 Å². The van der Waals surface area contributed by atoms with E-state index in [9.17, 15) is 8.42 Å². The van der Waals surface area contributed by atoms with E-state index in [-0.39, 0.29) is 11.7 Å². The molecule has 1 aliphatic rings. The van der Waals surface area contributed by atoms with Crippen LogP contribution in [0.4, 0.5) is 0 Å². The molecular weight excluding hydrogens is 208 g/mol. The van der Waals surface area contributed by atoms with Crippen LogP contribution in [-0.4, -0.2) is 36.6 Å². The molecule has 1 aliphatic heterocycles. The predicted octanol–water partition coefficient (Wildman–Crippen LogP) is -0.0559. The maximum Gasteiger partial charge on any atom is 0.214 e.